The number of nitrogens with zero attached hydrogens (tertiary/aromatic N) is 4. The molecular formula is C25H31N5O4. The summed E-state index contributed by atoms with van der Waals surface area (Å²) in [5, 5.41) is 26.1. The lowest BCUT2D eigenvalue weighted by Gasteiger charge is -2.29. The van der Waals surface area contributed by atoms with Crippen LogP contribution in [0.15, 0.2) is 34.9 Å². The van der Waals surface area contributed by atoms with Crippen LogP contribution in [0.5, 0.6) is 5.75 Å². The third-order valence-electron chi connectivity index (χ3n) is 5.89. The molecule has 3 heterocycles. The van der Waals surface area contributed by atoms with Crippen LogP contribution in [0.3, 0.4) is 0 Å². The molecule has 0 atom stereocenters. The van der Waals surface area contributed by atoms with Crippen LogP contribution in [0, 0.1) is 24.2 Å². The van der Waals surface area contributed by atoms with Crippen molar-refractivity contribution in [2.45, 2.75) is 39.2 Å². The van der Waals surface area contributed by atoms with Crippen LogP contribution in [0.1, 0.15) is 41.9 Å². The molecule has 0 saturated carbocycles. The third kappa shape index (κ3) is 6.23. The molecule has 1 fully saturated rings. The molecule has 4 rings (SSSR count). The number of amides is 1. The fourth-order valence-electron chi connectivity index (χ4n) is 4.03. The summed E-state index contributed by atoms with van der Waals surface area (Å²) in [6.07, 6.45) is 2.71. The maximum absolute atomic E-state index is 11.0. The SMILES string of the molecule is CNC.Cc1c(OCc2cccc(C#N)n2)ccc2c(CCC3CCN(C(=O)O)CC3)noc12. The molecule has 2 aromatic heterocycles. The molecule has 0 aliphatic carbocycles. The molecule has 1 aliphatic rings. The van der Waals surface area contributed by atoms with Gasteiger partial charge >= 0.3 is 6.09 Å². The highest BCUT2D eigenvalue weighted by molar-refractivity contribution is 5.84. The van der Waals surface area contributed by atoms with Gasteiger partial charge in [0.15, 0.2) is 5.58 Å². The number of hydrogen-bond donors (Lipinski definition) is 2. The van der Waals surface area contributed by atoms with Crippen molar-refractivity contribution in [2.75, 3.05) is 27.2 Å². The summed E-state index contributed by atoms with van der Waals surface area (Å²) in [6, 6.07) is 11.2. The summed E-state index contributed by atoms with van der Waals surface area (Å²) in [5.74, 6) is 1.20. The summed E-state index contributed by atoms with van der Waals surface area (Å²) in [5.41, 5.74) is 3.57. The smallest absolute Gasteiger partial charge is 0.407 e. The van der Waals surface area contributed by atoms with Crippen molar-refractivity contribution in [3.63, 3.8) is 0 Å². The third-order valence-corrected chi connectivity index (χ3v) is 5.89. The summed E-state index contributed by atoms with van der Waals surface area (Å²) in [7, 11) is 3.75. The number of piperidine rings is 1. The molecule has 1 saturated heterocycles. The number of nitriles is 1. The van der Waals surface area contributed by atoms with Gasteiger partial charge in [-0.05, 0) is 76.9 Å². The van der Waals surface area contributed by atoms with E-state index in [9.17, 15) is 4.79 Å². The predicted molar refractivity (Wildman–Crippen MR) is 128 cm³/mol. The van der Waals surface area contributed by atoms with E-state index in [1.807, 2.05) is 45.3 Å². The number of nitrogens with one attached hydrogen (secondary N) is 1. The van der Waals surface area contributed by atoms with Crippen molar-refractivity contribution in [1.29, 1.82) is 5.26 Å². The summed E-state index contributed by atoms with van der Waals surface area (Å²) in [4.78, 5) is 16.8. The molecule has 180 valence electrons. The fraction of sp³-hybridized carbons (Fsp3) is 0.440. The quantitative estimate of drug-likeness (QED) is 0.556. The van der Waals surface area contributed by atoms with Crippen LogP contribution < -0.4 is 10.1 Å². The Kier molecular flexibility index (Phi) is 8.82. The zero-order valence-corrected chi connectivity index (χ0v) is 19.9. The van der Waals surface area contributed by atoms with Gasteiger partial charge in [-0.15, -0.1) is 0 Å². The lowest BCUT2D eigenvalue weighted by Crippen LogP contribution is -2.37. The zero-order chi connectivity index (χ0) is 24.5. The van der Waals surface area contributed by atoms with Crippen molar-refractivity contribution >= 4 is 17.1 Å². The number of benzene rings is 1. The van der Waals surface area contributed by atoms with E-state index in [2.05, 4.69) is 15.5 Å². The normalized spacial score (nSPS) is 13.8. The molecular weight excluding hydrogens is 434 g/mol. The monoisotopic (exact) mass is 465 g/mol. The number of pyridine rings is 1. The minimum Gasteiger partial charge on any atom is -0.487 e. The topological polar surface area (TPSA) is 125 Å². The minimum absolute atomic E-state index is 0.262. The highest BCUT2D eigenvalue weighted by Crippen LogP contribution is 2.31. The van der Waals surface area contributed by atoms with E-state index in [0.717, 1.165) is 42.3 Å². The average Bonchev–Trinajstić information content (AvgIpc) is 3.27. The Hall–Kier alpha value is -3.64. The molecule has 1 amide bonds. The van der Waals surface area contributed by atoms with Crippen LogP contribution in [-0.2, 0) is 13.0 Å². The van der Waals surface area contributed by atoms with Crippen LogP contribution >= 0.6 is 0 Å². The minimum atomic E-state index is -0.831. The van der Waals surface area contributed by atoms with Gasteiger partial charge in [0.2, 0.25) is 0 Å². The van der Waals surface area contributed by atoms with Gasteiger partial charge in [-0.3, -0.25) is 0 Å². The largest absolute Gasteiger partial charge is 0.487 e. The van der Waals surface area contributed by atoms with Gasteiger partial charge in [0.1, 0.15) is 24.1 Å². The highest BCUT2D eigenvalue weighted by atomic mass is 16.5. The number of hydrogen-bond acceptors (Lipinski definition) is 7. The Morgan fingerprint density at radius 2 is 2.03 bits per heavy atom. The molecule has 9 heteroatoms. The zero-order valence-electron chi connectivity index (χ0n) is 19.9. The molecule has 0 unspecified atom stereocenters. The van der Waals surface area contributed by atoms with E-state index < -0.39 is 6.09 Å². The average molecular weight is 466 g/mol. The second-order valence-electron chi connectivity index (χ2n) is 8.36. The Morgan fingerprint density at radius 3 is 2.71 bits per heavy atom. The predicted octanol–water partition coefficient (Wildman–Crippen LogP) is 4.14. The van der Waals surface area contributed by atoms with Gasteiger partial charge < -0.3 is 24.6 Å². The van der Waals surface area contributed by atoms with Crippen molar-refractivity contribution < 1.29 is 19.2 Å². The molecule has 9 nitrogen and oxygen atoms in total. The van der Waals surface area contributed by atoms with E-state index >= 15 is 0 Å². The lowest BCUT2D eigenvalue weighted by molar-refractivity contribution is 0.123. The molecule has 0 spiro atoms. The van der Waals surface area contributed by atoms with Gasteiger partial charge in [0, 0.05) is 24.0 Å². The molecule has 3 aromatic rings. The first-order valence-electron chi connectivity index (χ1n) is 11.4. The van der Waals surface area contributed by atoms with Gasteiger partial charge in [0.25, 0.3) is 0 Å². The van der Waals surface area contributed by atoms with Gasteiger partial charge in [-0.25, -0.2) is 9.78 Å². The summed E-state index contributed by atoms with van der Waals surface area (Å²) in [6.45, 7) is 3.41. The summed E-state index contributed by atoms with van der Waals surface area (Å²) >= 11 is 0. The Morgan fingerprint density at radius 1 is 1.29 bits per heavy atom. The number of likely N-dealkylation sites (tertiary alicyclic amines) is 1. The van der Waals surface area contributed by atoms with Crippen LogP contribution in [-0.4, -0.2) is 53.4 Å². The first kappa shape index (κ1) is 25.0. The number of carbonyl (C=O) groups is 1. The van der Waals surface area contributed by atoms with E-state index in [4.69, 9.17) is 19.6 Å². The van der Waals surface area contributed by atoms with Crippen LogP contribution in [0.25, 0.3) is 11.0 Å². The standard InChI is InChI=1S/C23H24N4O4.C2H7N/c1-15-21(30-14-18-4-2-3-17(13-24)25-18)8-6-19-20(26-31-22(15)19)7-5-16-9-11-27(12-10-16)23(28)29;1-3-2/h2-4,6,8,16H,5,7,9-12,14H2,1H3,(H,28,29);3H,1-2H3. The van der Waals surface area contributed by atoms with E-state index in [0.29, 0.717) is 41.7 Å². The van der Waals surface area contributed by atoms with E-state index in [1.165, 1.54) is 4.90 Å². The number of ether oxygens (including phenoxy) is 1. The van der Waals surface area contributed by atoms with E-state index in [1.54, 1.807) is 12.1 Å². The molecule has 1 aromatic carbocycles. The lowest BCUT2D eigenvalue weighted by atomic mass is 9.91. The Balaban J connectivity index is 0.00000103. The van der Waals surface area contributed by atoms with E-state index in [-0.39, 0.29) is 6.61 Å². The number of rotatable bonds is 6. The first-order valence-corrected chi connectivity index (χ1v) is 11.4. The van der Waals surface area contributed by atoms with Crippen molar-refractivity contribution in [2.24, 2.45) is 5.92 Å². The molecule has 34 heavy (non-hydrogen) atoms. The molecule has 2 N–H and O–H groups in total. The number of fused-ring (bicyclic) bond motifs is 1. The van der Waals surface area contributed by atoms with Crippen molar-refractivity contribution in [3.05, 3.63) is 53.0 Å². The number of aromatic nitrogens is 2. The van der Waals surface area contributed by atoms with Crippen molar-refractivity contribution in [3.8, 4) is 11.8 Å². The molecule has 0 bridgehead atoms. The van der Waals surface area contributed by atoms with Gasteiger partial charge in [0.05, 0.1) is 11.4 Å². The van der Waals surface area contributed by atoms with Crippen LogP contribution in [0.4, 0.5) is 4.79 Å². The Labute approximate surface area is 199 Å². The van der Waals surface area contributed by atoms with Crippen LogP contribution in [0.2, 0.25) is 0 Å². The molecule has 1 aliphatic heterocycles. The number of carboxylic acid groups (broad SMARTS) is 1. The first-order chi connectivity index (χ1) is 16.5. The second-order valence-corrected chi connectivity index (χ2v) is 8.36. The maximum Gasteiger partial charge on any atom is 0.407 e. The van der Waals surface area contributed by atoms with Gasteiger partial charge in [-0.2, -0.15) is 5.26 Å². The maximum atomic E-state index is 11.0. The van der Waals surface area contributed by atoms with Crippen molar-refractivity contribution in [1.82, 2.24) is 20.4 Å². The summed E-state index contributed by atoms with van der Waals surface area (Å²) < 4.78 is 11.5. The molecule has 0 radical (unpaired) electrons. The Bertz CT molecular complexity index is 1150. The number of aryl methyl sites for hydroxylation is 2. The fourth-order valence-corrected chi connectivity index (χ4v) is 4.03. The van der Waals surface area contributed by atoms with Gasteiger partial charge in [-0.1, -0.05) is 11.2 Å². The second kappa shape index (κ2) is 12.0. The highest BCUT2D eigenvalue weighted by Gasteiger charge is 2.23.